The van der Waals surface area contributed by atoms with Crippen LogP contribution in [0.3, 0.4) is 0 Å². The van der Waals surface area contributed by atoms with Gasteiger partial charge in [-0.05, 0) is 23.8 Å². The van der Waals surface area contributed by atoms with Gasteiger partial charge in [-0.2, -0.15) is 0 Å². The smallest absolute Gasteiger partial charge is 0.250 e. The van der Waals surface area contributed by atoms with Gasteiger partial charge in [-0.1, -0.05) is 59.5 Å². The zero-order chi connectivity index (χ0) is 18.4. The maximum atomic E-state index is 13.6. The van der Waals surface area contributed by atoms with Crippen molar-refractivity contribution in [1.82, 2.24) is 10.2 Å². The summed E-state index contributed by atoms with van der Waals surface area (Å²) in [6.07, 6.45) is 2.62. The normalized spacial score (nSPS) is 11.0. The maximum absolute atomic E-state index is 13.6. The molecule has 1 heterocycles. The lowest BCUT2D eigenvalue weighted by molar-refractivity contribution is -0.111. The summed E-state index contributed by atoms with van der Waals surface area (Å²) in [5.74, 6) is -0.687. The molecule has 0 fully saturated rings. The van der Waals surface area contributed by atoms with Crippen LogP contribution < -0.4 is 5.32 Å². The van der Waals surface area contributed by atoms with Gasteiger partial charge in [-0.15, -0.1) is 10.2 Å². The van der Waals surface area contributed by atoms with Crippen LogP contribution in [0, 0.1) is 11.6 Å². The number of amides is 1. The molecule has 8 heteroatoms. The molecular weight excluding hydrogens is 376 g/mol. The number of benzene rings is 2. The predicted molar refractivity (Wildman–Crippen MR) is 99.9 cm³/mol. The molecule has 0 saturated heterocycles. The zero-order valence-corrected chi connectivity index (χ0v) is 15.0. The van der Waals surface area contributed by atoms with Crippen molar-refractivity contribution >= 4 is 40.2 Å². The summed E-state index contributed by atoms with van der Waals surface area (Å²) < 4.78 is 27.7. The van der Waals surface area contributed by atoms with Gasteiger partial charge in [-0.3, -0.25) is 10.1 Å². The second-order valence-corrected chi connectivity index (χ2v) is 7.30. The van der Waals surface area contributed by atoms with Gasteiger partial charge in [0.1, 0.15) is 11.6 Å². The Labute approximate surface area is 157 Å². The second kappa shape index (κ2) is 8.68. The molecule has 1 aromatic heterocycles. The number of halogens is 2. The number of nitrogens with one attached hydrogen (secondary N) is 1. The van der Waals surface area contributed by atoms with Gasteiger partial charge in [0.25, 0.3) is 0 Å². The highest BCUT2D eigenvalue weighted by Gasteiger charge is 2.09. The number of aromatic nitrogens is 2. The molecule has 0 saturated carbocycles. The van der Waals surface area contributed by atoms with E-state index in [9.17, 15) is 13.6 Å². The Morgan fingerprint density at radius 2 is 1.81 bits per heavy atom. The number of hydrogen-bond donors (Lipinski definition) is 1. The van der Waals surface area contributed by atoms with Gasteiger partial charge in [0.2, 0.25) is 11.0 Å². The van der Waals surface area contributed by atoms with Crippen molar-refractivity contribution in [3.8, 4) is 0 Å². The molecule has 0 unspecified atom stereocenters. The molecule has 0 aliphatic rings. The summed E-state index contributed by atoms with van der Waals surface area (Å²) in [6, 6.07) is 12.7. The summed E-state index contributed by atoms with van der Waals surface area (Å²) in [7, 11) is 0. The highest BCUT2D eigenvalue weighted by Crippen LogP contribution is 2.28. The zero-order valence-electron chi connectivity index (χ0n) is 13.4. The molecule has 132 valence electrons. The molecule has 0 aliphatic carbocycles. The molecule has 2 aromatic carbocycles. The first-order valence-electron chi connectivity index (χ1n) is 7.55. The largest absolute Gasteiger partial charge is 0.297 e. The highest BCUT2D eigenvalue weighted by molar-refractivity contribution is 8.00. The molecule has 3 aromatic rings. The third-order valence-electron chi connectivity index (χ3n) is 3.27. The summed E-state index contributed by atoms with van der Waals surface area (Å²) in [5, 5.41) is 10.7. The Bertz CT molecular complexity index is 943. The lowest BCUT2D eigenvalue weighted by atomic mass is 10.2. The lowest BCUT2D eigenvalue weighted by Crippen LogP contribution is -2.07. The molecule has 0 radical (unpaired) electrons. The van der Waals surface area contributed by atoms with Crippen molar-refractivity contribution in [1.29, 1.82) is 0 Å². The minimum Gasteiger partial charge on any atom is -0.297 e. The molecule has 0 atom stereocenters. The Hall–Kier alpha value is -2.58. The number of thioether (sulfide) groups is 1. The standard InChI is InChI=1S/C18H13F2N3OS2/c19-14-7-3-1-5-12(14)9-10-16(24)21-17-22-23-18(26-17)25-11-13-6-2-4-8-15(13)20/h1-10H,11H2,(H,21,22,24)/b10-9+. The third-order valence-corrected chi connectivity index (χ3v) is 5.29. The van der Waals surface area contributed by atoms with Gasteiger partial charge in [0, 0.05) is 17.4 Å². The van der Waals surface area contributed by atoms with E-state index in [1.165, 1.54) is 47.4 Å². The minimum absolute atomic E-state index is 0.267. The second-order valence-electron chi connectivity index (χ2n) is 5.10. The van der Waals surface area contributed by atoms with E-state index in [4.69, 9.17) is 0 Å². The van der Waals surface area contributed by atoms with E-state index in [0.29, 0.717) is 26.4 Å². The SMILES string of the molecule is O=C(/C=C/c1ccccc1F)Nc1nnc(SCc2ccccc2F)s1. The number of anilines is 1. The average molecular weight is 389 g/mol. The van der Waals surface area contributed by atoms with Crippen molar-refractivity contribution in [3.63, 3.8) is 0 Å². The van der Waals surface area contributed by atoms with E-state index in [1.54, 1.807) is 36.4 Å². The fraction of sp³-hybridized carbons (Fsp3) is 0.0556. The van der Waals surface area contributed by atoms with Crippen LogP contribution in [0.2, 0.25) is 0 Å². The Balaban J connectivity index is 1.55. The summed E-state index contributed by atoms with van der Waals surface area (Å²) in [6.45, 7) is 0. The van der Waals surface area contributed by atoms with E-state index in [-0.39, 0.29) is 5.82 Å². The van der Waals surface area contributed by atoms with Crippen LogP contribution in [0.4, 0.5) is 13.9 Å². The monoisotopic (exact) mass is 389 g/mol. The van der Waals surface area contributed by atoms with Crippen molar-refractivity contribution in [2.24, 2.45) is 0 Å². The van der Waals surface area contributed by atoms with Gasteiger partial charge in [-0.25, -0.2) is 8.78 Å². The van der Waals surface area contributed by atoms with Gasteiger partial charge in [0.15, 0.2) is 4.34 Å². The molecule has 4 nitrogen and oxygen atoms in total. The Morgan fingerprint density at radius 1 is 1.08 bits per heavy atom. The number of carbonyl (C=O) groups excluding carboxylic acids is 1. The fourth-order valence-electron chi connectivity index (χ4n) is 2.00. The van der Waals surface area contributed by atoms with Crippen LogP contribution in [-0.4, -0.2) is 16.1 Å². The van der Waals surface area contributed by atoms with E-state index >= 15 is 0 Å². The van der Waals surface area contributed by atoms with Gasteiger partial charge >= 0.3 is 0 Å². The molecule has 1 N–H and O–H groups in total. The van der Waals surface area contributed by atoms with Crippen LogP contribution in [0.15, 0.2) is 58.9 Å². The lowest BCUT2D eigenvalue weighted by Gasteiger charge is -1.99. The average Bonchev–Trinajstić information content (AvgIpc) is 3.08. The first-order chi connectivity index (χ1) is 12.6. The van der Waals surface area contributed by atoms with Crippen molar-refractivity contribution in [3.05, 3.63) is 77.4 Å². The molecule has 0 spiro atoms. The fourth-order valence-corrected chi connectivity index (χ4v) is 3.74. The number of nitrogens with zero attached hydrogens (tertiary/aromatic N) is 2. The molecule has 0 bridgehead atoms. The van der Waals surface area contributed by atoms with Crippen molar-refractivity contribution in [2.75, 3.05) is 5.32 Å². The third kappa shape index (κ3) is 4.96. The molecular formula is C18H13F2N3OS2. The topological polar surface area (TPSA) is 54.9 Å². The first kappa shape index (κ1) is 18.2. The van der Waals surface area contributed by atoms with Crippen molar-refractivity contribution in [2.45, 2.75) is 10.1 Å². The predicted octanol–water partition coefficient (Wildman–Crippen LogP) is 4.76. The van der Waals surface area contributed by atoms with Crippen molar-refractivity contribution < 1.29 is 13.6 Å². The van der Waals surface area contributed by atoms with E-state index < -0.39 is 11.7 Å². The van der Waals surface area contributed by atoms with Crippen LogP contribution in [0.25, 0.3) is 6.08 Å². The van der Waals surface area contributed by atoms with Crippen LogP contribution in [0.5, 0.6) is 0 Å². The number of rotatable bonds is 6. The Kier molecular flexibility index (Phi) is 6.08. The van der Waals surface area contributed by atoms with Crippen LogP contribution in [0.1, 0.15) is 11.1 Å². The molecule has 1 amide bonds. The first-order valence-corrected chi connectivity index (χ1v) is 9.35. The van der Waals surface area contributed by atoms with Crippen LogP contribution in [-0.2, 0) is 10.5 Å². The molecule has 3 rings (SSSR count). The Morgan fingerprint density at radius 3 is 2.58 bits per heavy atom. The van der Waals surface area contributed by atoms with Gasteiger partial charge in [0.05, 0.1) is 0 Å². The van der Waals surface area contributed by atoms with Crippen LogP contribution >= 0.6 is 23.1 Å². The molecule has 0 aliphatic heterocycles. The number of carbonyl (C=O) groups is 1. The van der Waals surface area contributed by atoms with Gasteiger partial charge < -0.3 is 0 Å². The summed E-state index contributed by atoms with van der Waals surface area (Å²) in [4.78, 5) is 11.9. The molecule has 26 heavy (non-hydrogen) atoms. The minimum atomic E-state index is -0.435. The summed E-state index contributed by atoms with van der Waals surface area (Å²) in [5.41, 5.74) is 0.896. The summed E-state index contributed by atoms with van der Waals surface area (Å²) >= 11 is 2.52. The van der Waals surface area contributed by atoms with E-state index in [0.717, 1.165) is 0 Å². The number of hydrogen-bond acceptors (Lipinski definition) is 5. The maximum Gasteiger partial charge on any atom is 0.250 e. The quantitative estimate of drug-likeness (QED) is 0.375. The van der Waals surface area contributed by atoms with E-state index in [2.05, 4.69) is 15.5 Å². The highest BCUT2D eigenvalue weighted by atomic mass is 32.2. The van der Waals surface area contributed by atoms with E-state index in [1.807, 2.05) is 0 Å².